The lowest BCUT2D eigenvalue weighted by atomic mass is 9.79. The molecule has 0 saturated heterocycles. The summed E-state index contributed by atoms with van der Waals surface area (Å²) >= 11 is 0. The van der Waals surface area contributed by atoms with Crippen molar-refractivity contribution in [2.45, 2.75) is 44.6 Å². The van der Waals surface area contributed by atoms with E-state index in [1.54, 1.807) is 7.11 Å². The third kappa shape index (κ3) is 1.61. The highest BCUT2D eigenvalue weighted by molar-refractivity contribution is 5.44. The Morgan fingerprint density at radius 2 is 1.94 bits per heavy atom. The molecule has 88 valence electrons. The predicted molar refractivity (Wildman–Crippen MR) is 66.9 cm³/mol. The number of ether oxygens (including phenoxy) is 1. The van der Waals surface area contributed by atoms with Gasteiger partial charge in [-0.25, -0.2) is 0 Å². The van der Waals surface area contributed by atoms with Crippen molar-refractivity contribution in [1.29, 1.82) is 0 Å². The Hall–Kier alpha value is -1.02. The number of hydrogen-bond acceptors (Lipinski definition) is 2. The van der Waals surface area contributed by atoms with Crippen LogP contribution in [-0.4, -0.2) is 12.6 Å². The Kier molecular flexibility index (Phi) is 2.50. The SMILES string of the molecule is COc1cc(C2(C(C)(C)N)CC2)ccc1C. The third-order valence-corrected chi connectivity index (χ3v) is 3.94. The first-order valence-electron chi connectivity index (χ1n) is 5.85. The Bertz CT molecular complexity index is 400. The summed E-state index contributed by atoms with van der Waals surface area (Å²) in [6, 6.07) is 6.47. The second kappa shape index (κ2) is 3.49. The molecular weight excluding hydrogens is 198 g/mol. The van der Waals surface area contributed by atoms with Crippen molar-refractivity contribution >= 4 is 0 Å². The molecule has 0 aromatic heterocycles. The molecule has 0 unspecified atom stereocenters. The average molecular weight is 219 g/mol. The van der Waals surface area contributed by atoms with Gasteiger partial charge in [-0.3, -0.25) is 0 Å². The first-order valence-corrected chi connectivity index (χ1v) is 5.85. The van der Waals surface area contributed by atoms with E-state index < -0.39 is 0 Å². The molecular formula is C14H21NO. The molecule has 0 radical (unpaired) electrons. The van der Waals surface area contributed by atoms with E-state index in [9.17, 15) is 0 Å². The van der Waals surface area contributed by atoms with Crippen molar-refractivity contribution in [2.75, 3.05) is 7.11 Å². The molecule has 1 aliphatic rings. The second-order valence-electron chi connectivity index (χ2n) is 5.49. The zero-order valence-corrected chi connectivity index (χ0v) is 10.6. The minimum Gasteiger partial charge on any atom is -0.496 e. The van der Waals surface area contributed by atoms with Crippen molar-refractivity contribution in [3.63, 3.8) is 0 Å². The number of benzene rings is 1. The van der Waals surface area contributed by atoms with Crippen molar-refractivity contribution < 1.29 is 4.74 Å². The minimum atomic E-state index is -0.159. The molecule has 2 rings (SSSR count). The lowest BCUT2D eigenvalue weighted by Gasteiger charge is -2.31. The van der Waals surface area contributed by atoms with Crippen molar-refractivity contribution in [2.24, 2.45) is 5.73 Å². The number of hydrogen-bond donors (Lipinski definition) is 1. The summed E-state index contributed by atoms with van der Waals surface area (Å²) in [6.07, 6.45) is 2.37. The Balaban J connectivity index is 2.42. The molecule has 0 atom stereocenters. The van der Waals surface area contributed by atoms with Gasteiger partial charge in [0, 0.05) is 11.0 Å². The lowest BCUT2D eigenvalue weighted by molar-refractivity contribution is 0.384. The van der Waals surface area contributed by atoms with Gasteiger partial charge in [0.2, 0.25) is 0 Å². The van der Waals surface area contributed by atoms with E-state index in [1.165, 1.54) is 24.0 Å². The van der Waals surface area contributed by atoms with E-state index in [1.807, 2.05) is 0 Å². The smallest absolute Gasteiger partial charge is 0.122 e. The molecule has 2 N–H and O–H groups in total. The van der Waals surface area contributed by atoms with Crippen molar-refractivity contribution in [3.05, 3.63) is 29.3 Å². The van der Waals surface area contributed by atoms with Crippen LogP contribution in [0.15, 0.2) is 18.2 Å². The van der Waals surface area contributed by atoms with Crippen LogP contribution in [0.2, 0.25) is 0 Å². The van der Waals surface area contributed by atoms with Crippen LogP contribution in [-0.2, 0) is 5.41 Å². The molecule has 1 saturated carbocycles. The minimum absolute atomic E-state index is 0.159. The van der Waals surface area contributed by atoms with Gasteiger partial charge >= 0.3 is 0 Å². The summed E-state index contributed by atoms with van der Waals surface area (Å²) in [7, 11) is 1.72. The molecule has 0 bridgehead atoms. The molecule has 2 nitrogen and oxygen atoms in total. The lowest BCUT2D eigenvalue weighted by Crippen LogP contribution is -2.45. The van der Waals surface area contributed by atoms with Crippen LogP contribution in [0.4, 0.5) is 0 Å². The van der Waals surface area contributed by atoms with E-state index in [0.717, 1.165) is 5.75 Å². The zero-order valence-electron chi connectivity index (χ0n) is 10.6. The van der Waals surface area contributed by atoms with Crippen LogP contribution < -0.4 is 10.5 Å². The highest BCUT2D eigenvalue weighted by atomic mass is 16.5. The van der Waals surface area contributed by atoms with Gasteiger partial charge in [-0.2, -0.15) is 0 Å². The fourth-order valence-corrected chi connectivity index (χ4v) is 2.55. The topological polar surface area (TPSA) is 35.2 Å². The van der Waals surface area contributed by atoms with E-state index in [2.05, 4.69) is 39.0 Å². The average Bonchev–Trinajstić information content (AvgIpc) is 2.98. The van der Waals surface area contributed by atoms with Gasteiger partial charge in [0.25, 0.3) is 0 Å². The highest BCUT2D eigenvalue weighted by Crippen LogP contribution is 2.55. The zero-order chi connectivity index (χ0) is 12.0. The Labute approximate surface area is 97.8 Å². The fraction of sp³-hybridized carbons (Fsp3) is 0.571. The standard InChI is InChI=1S/C14H21NO/c1-10-5-6-11(9-12(10)16-4)14(7-8-14)13(2,3)15/h5-6,9H,7-8,15H2,1-4H3. The van der Waals surface area contributed by atoms with Gasteiger partial charge in [0.1, 0.15) is 5.75 Å². The molecule has 1 fully saturated rings. The molecule has 0 spiro atoms. The largest absolute Gasteiger partial charge is 0.496 e. The summed E-state index contributed by atoms with van der Waals surface area (Å²) < 4.78 is 5.38. The molecule has 2 heteroatoms. The third-order valence-electron chi connectivity index (χ3n) is 3.94. The maximum absolute atomic E-state index is 6.30. The summed E-state index contributed by atoms with van der Waals surface area (Å²) in [5.74, 6) is 0.966. The normalized spacial score (nSPS) is 18.3. The first-order chi connectivity index (χ1) is 7.40. The molecule has 1 aromatic rings. The number of rotatable bonds is 3. The van der Waals surface area contributed by atoms with Crippen LogP contribution in [0.1, 0.15) is 37.8 Å². The predicted octanol–water partition coefficient (Wildman–Crippen LogP) is 2.77. The monoisotopic (exact) mass is 219 g/mol. The van der Waals surface area contributed by atoms with E-state index in [0.29, 0.717) is 0 Å². The summed E-state index contributed by atoms with van der Waals surface area (Å²) in [6.45, 7) is 6.30. The van der Waals surface area contributed by atoms with E-state index in [4.69, 9.17) is 10.5 Å². The Morgan fingerprint density at radius 3 is 2.38 bits per heavy atom. The van der Waals surface area contributed by atoms with Crippen LogP contribution in [0, 0.1) is 6.92 Å². The van der Waals surface area contributed by atoms with Gasteiger partial charge in [0.15, 0.2) is 0 Å². The maximum atomic E-state index is 6.30. The van der Waals surface area contributed by atoms with E-state index >= 15 is 0 Å². The summed E-state index contributed by atoms with van der Waals surface area (Å²) in [5.41, 5.74) is 8.80. The molecule has 1 aliphatic carbocycles. The maximum Gasteiger partial charge on any atom is 0.122 e. The number of methoxy groups -OCH3 is 1. The van der Waals surface area contributed by atoms with Crippen LogP contribution in [0.5, 0.6) is 5.75 Å². The quantitative estimate of drug-likeness (QED) is 0.848. The summed E-state index contributed by atoms with van der Waals surface area (Å²) in [4.78, 5) is 0. The molecule has 0 aliphatic heterocycles. The van der Waals surface area contributed by atoms with Crippen LogP contribution in [0.25, 0.3) is 0 Å². The summed E-state index contributed by atoms with van der Waals surface area (Å²) in [5, 5.41) is 0. The van der Waals surface area contributed by atoms with Crippen LogP contribution in [0.3, 0.4) is 0 Å². The highest BCUT2D eigenvalue weighted by Gasteiger charge is 2.53. The van der Waals surface area contributed by atoms with Crippen molar-refractivity contribution in [3.8, 4) is 5.75 Å². The number of nitrogens with two attached hydrogens (primary N) is 1. The molecule has 16 heavy (non-hydrogen) atoms. The van der Waals surface area contributed by atoms with E-state index in [-0.39, 0.29) is 11.0 Å². The fourth-order valence-electron chi connectivity index (χ4n) is 2.55. The molecule has 0 amide bonds. The number of aryl methyl sites for hydroxylation is 1. The first kappa shape index (κ1) is 11.5. The van der Waals surface area contributed by atoms with Crippen LogP contribution >= 0.6 is 0 Å². The van der Waals surface area contributed by atoms with Gasteiger partial charge in [-0.1, -0.05) is 12.1 Å². The molecule has 1 aromatic carbocycles. The van der Waals surface area contributed by atoms with Crippen molar-refractivity contribution in [1.82, 2.24) is 0 Å². The Morgan fingerprint density at radius 1 is 1.31 bits per heavy atom. The second-order valence-corrected chi connectivity index (χ2v) is 5.49. The van der Waals surface area contributed by atoms with Gasteiger partial charge in [-0.05, 0) is 50.8 Å². The molecule has 0 heterocycles. The van der Waals surface area contributed by atoms with Gasteiger partial charge in [0.05, 0.1) is 7.11 Å². The van der Waals surface area contributed by atoms with Gasteiger partial charge in [-0.15, -0.1) is 0 Å². The van der Waals surface area contributed by atoms with Gasteiger partial charge < -0.3 is 10.5 Å².